The Morgan fingerprint density at radius 1 is 1.18 bits per heavy atom. The highest BCUT2D eigenvalue weighted by molar-refractivity contribution is 8.00. The van der Waals surface area contributed by atoms with Crippen molar-refractivity contribution < 1.29 is 33.8 Å². The first-order chi connectivity index (χ1) is 18.3. The number of hydrogen-bond donors (Lipinski definition) is 4. The molecular weight excluding hydrogens is 546 g/mol. The van der Waals surface area contributed by atoms with E-state index in [1.54, 1.807) is 45.0 Å². The molecule has 2 aliphatic rings. The number of amides is 4. The first-order valence-electron chi connectivity index (χ1n) is 11.9. The monoisotopic (exact) mass is 573 g/mol. The fourth-order valence-electron chi connectivity index (χ4n) is 4.04. The van der Waals surface area contributed by atoms with E-state index in [2.05, 4.69) is 20.9 Å². The smallest absolute Gasteiger partial charge is 0.412 e. The first kappa shape index (κ1) is 28.1. The number of nitrogens with zero attached hydrogens (tertiary/aromatic N) is 2. The minimum atomic E-state index is -1.27. The van der Waals surface area contributed by atoms with Gasteiger partial charge in [0.2, 0.25) is 11.8 Å². The van der Waals surface area contributed by atoms with Crippen LogP contribution in [0.25, 0.3) is 5.57 Å². The van der Waals surface area contributed by atoms with Crippen LogP contribution in [0.4, 0.5) is 15.6 Å². The van der Waals surface area contributed by atoms with Crippen molar-refractivity contribution in [1.82, 2.24) is 15.2 Å². The van der Waals surface area contributed by atoms with Gasteiger partial charge in [0.15, 0.2) is 5.13 Å². The van der Waals surface area contributed by atoms with Crippen LogP contribution < -0.4 is 16.0 Å². The fourth-order valence-corrected chi connectivity index (χ4v) is 6.40. The Bertz CT molecular complexity index is 1380. The number of β-lactam (4-membered cyclic amide) rings is 1. The van der Waals surface area contributed by atoms with Gasteiger partial charge in [0.1, 0.15) is 22.7 Å². The highest BCUT2D eigenvalue weighted by atomic mass is 32.2. The summed E-state index contributed by atoms with van der Waals surface area (Å²) < 4.78 is 5.28. The maximum Gasteiger partial charge on any atom is 0.412 e. The summed E-state index contributed by atoms with van der Waals surface area (Å²) >= 11 is 2.44. The Kier molecular flexibility index (Phi) is 7.97. The first-order valence-corrected chi connectivity index (χ1v) is 13.7. The van der Waals surface area contributed by atoms with Crippen LogP contribution in [-0.4, -0.2) is 67.5 Å². The quantitative estimate of drug-likeness (QED) is 0.364. The van der Waals surface area contributed by atoms with Crippen molar-refractivity contribution in [3.63, 3.8) is 0 Å². The number of carboxylic acids is 1. The zero-order chi connectivity index (χ0) is 28.5. The molecule has 4 N–H and O–H groups in total. The van der Waals surface area contributed by atoms with Gasteiger partial charge in [0, 0.05) is 30.1 Å². The van der Waals surface area contributed by atoms with Gasteiger partial charge in [-0.15, -0.1) is 11.8 Å². The zero-order valence-electron chi connectivity index (χ0n) is 21.6. The van der Waals surface area contributed by atoms with Crippen molar-refractivity contribution in [1.29, 1.82) is 0 Å². The number of para-hydroxylation sites is 1. The number of ether oxygens (including phenoxy) is 1. The number of rotatable bonds is 7. The van der Waals surface area contributed by atoms with Crippen molar-refractivity contribution in [3.05, 3.63) is 46.6 Å². The highest BCUT2D eigenvalue weighted by Crippen LogP contribution is 2.44. The number of aromatic nitrogens is 1. The van der Waals surface area contributed by atoms with E-state index in [9.17, 15) is 29.1 Å². The van der Waals surface area contributed by atoms with Crippen LogP contribution >= 0.6 is 23.1 Å². The minimum Gasteiger partial charge on any atom is -0.477 e. The Hall–Kier alpha value is -3.91. The Balaban J connectivity index is 1.45. The second-order valence-electron chi connectivity index (χ2n) is 9.76. The van der Waals surface area contributed by atoms with Crippen LogP contribution in [0.2, 0.25) is 0 Å². The van der Waals surface area contributed by atoms with Gasteiger partial charge in [-0.1, -0.05) is 29.5 Å². The van der Waals surface area contributed by atoms with Crippen LogP contribution in [-0.2, 0) is 30.3 Å². The number of carbonyl (C=O) groups excluding carboxylic acids is 4. The lowest BCUT2D eigenvalue weighted by Crippen LogP contribution is -2.70. The normalized spacial score (nSPS) is 18.6. The van der Waals surface area contributed by atoms with Gasteiger partial charge in [-0.05, 0) is 32.4 Å². The summed E-state index contributed by atoms with van der Waals surface area (Å²) in [6.45, 7) is 6.56. The number of carbonyl (C=O) groups is 5. The SMILES string of the molecule is CC(=O)Nc1ncc(C2=C(C(=O)O)N3C(=O)C(NC(=O)Cc4ccccc4NC(=O)OC(C)(C)C)C3SC2)s1. The van der Waals surface area contributed by atoms with Crippen molar-refractivity contribution in [2.24, 2.45) is 0 Å². The van der Waals surface area contributed by atoms with E-state index < -0.39 is 40.9 Å². The fraction of sp³-hybridized carbons (Fsp3) is 0.360. The summed E-state index contributed by atoms with van der Waals surface area (Å²) in [5, 5.41) is 17.6. The van der Waals surface area contributed by atoms with Crippen LogP contribution in [0.1, 0.15) is 38.1 Å². The molecule has 3 heterocycles. The predicted octanol–water partition coefficient (Wildman–Crippen LogP) is 2.89. The maximum absolute atomic E-state index is 13.0. The van der Waals surface area contributed by atoms with Gasteiger partial charge in [-0.3, -0.25) is 24.6 Å². The van der Waals surface area contributed by atoms with E-state index >= 15 is 0 Å². The summed E-state index contributed by atoms with van der Waals surface area (Å²) in [5.41, 5.74) is 0.479. The molecule has 4 amide bonds. The van der Waals surface area contributed by atoms with Gasteiger partial charge in [-0.2, -0.15) is 0 Å². The second kappa shape index (κ2) is 11.1. The standard InChI is InChI=1S/C25H27N5O7S2/c1-12(31)27-23-26-10-16(39-23)14-11-38-21-18(20(33)30(21)19(14)22(34)35)29-17(32)9-13-7-5-6-8-15(13)28-24(36)37-25(2,3)4/h5-8,10,18,21H,9,11H2,1-4H3,(H,28,36)(H,29,32)(H,34,35)(H,26,27,31). The van der Waals surface area contributed by atoms with E-state index in [0.717, 1.165) is 11.3 Å². The molecule has 0 radical (unpaired) electrons. The second-order valence-corrected chi connectivity index (χ2v) is 11.9. The molecule has 1 saturated heterocycles. The molecule has 2 aromatic rings. The number of nitrogens with one attached hydrogen (secondary N) is 3. The number of carboxylic acid groups (broad SMARTS) is 1. The number of anilines is 2. The molecule has 0 aliphatic carbocycles. The number of fused-ring (bicyclic) bond motifs is 1. The Morgan fingerprint density at radius 2 is 1.90 bits per heavy atom. The summed E-state index contributed by atoms with van der Waals surface area (Å²) in [5.74, 6) is -2.30. The lowest BCUT2D eigenvalue weighted by atomic mass is 10.0. The topological polar surface area (TPSA) is 167 Å². The molecule has 1 aromatic heterocycles. The third-order valence-electron chi connectivity index (χ3n) is 5.58. The average Bonchev–Trinajstić information content (AvgIpc) is 3.29. The Labute approximate surface area is 232 Å². The van der Waals surface area contributed by atoms with Crippen LogP contribution in [0, 0.1) is 0 Å². The molecule has 39 heavy (non-hydrogen) atoms. The third kappa shape index (κ3) is 6.40. The third-order valence-corrected chi connectivity index (χ3v) is 7.83. The summed E-state index contributed by atoms with van der Waals surface area (Å²) in [4.78, 5) is 67.4. The number of benzene rings is 1. The maximum atomic E-state index is 13.0. The molecule has 14 heteroatoms. The van der Waals surface area contributed by atoms with Crippen LogP contribution in [0.3, 0.4) is 0 Å². The molecule has 2 unspecified atom stereocenters. The van der Waals surface area contributed by atoms with E-state index in [4.69, 9.17) is 4.74 Å². The van der Waals surface area contributed by atoms with Crippen molar-refractivity contribution in [2.45, 2.75) is 51.1 Å². The molecule has 1 aromatic carbocycles. The number of hydrogen-bond acceptors (Lipinski definition) is 9. The van der Waals surface area contributed by atoms with Crippen molar-refractivity contribution in [2.75, 3.05) is 16.4 Å². The van der Waals surface area contributed by atoms with Crippen LogP contribution in [0.15, 0.2) is 36.2 Å². The Morgan fingerprint density at radius 3 is 2.56 bits per heavy atom. The number of thiazole rings is 1. The molecule has 2 atom stereocenters. The summed E-state index contributed by atoms with van der Waals surface area (Å²) in [6, 6.07) is 5.85. The van der Waals surface area contributed by atoms with Gasteiger partial charge in [0.05, 0.1) is 11.3 Å². The van der Waals surface area contributed by atoms with E-state index in [1.807, 2.05) is 0 Å². The summed E-state index contributed by atoms with van der Waals surface area (Å²) in [6.07, 6.45) is 0.682. The van der Waals surface area contributed by atoms with Crippen LogP contribution in [0.5, 0.6) is 0 Å². The number of aliphatic carboxylic acids is 1. The largest absolute Gasteiger partial charge is 0.477 e. The molecular formula is C25H27N5O7S2. The average molecular weight is 574 g/mol. The molecule has 1 fully saturated rings. The number of thioether (sulfide) groups is 1. The van der Waals surface area contributed by atoms with E-state index in [-0.39, 0.29) is 23.8 Å². The van der Waals surface area contributed by atoms with Gasteiger partial charge < -0.3 is 20.5 Å². The van der Waals surface area contributed by atoms with Gasteiger partial charge >= 0.3 is 12.1 Å². The molecule has 4 rings (SSSR count). The van der Waals surface area contributed by atoms with Crippen molar-refractivity contribution >= 4 is 69.3 Å². The predicted molar refractivity (Wildman–Crippen MR) is 146 cm³/mol. The van der Waals surface area contributed by atoms with Gasteiger partial charge in [0.25, 0.3) is 5.91 Å². The molecule has 206 valence electrons. The lowest BCUT2D eigenvalue weighted by Gasteiger charge is -2.49. The van der Waals surface area contributed by atoms with Gasteiger partial charge in [-0.25, -0.2) is 14.6 Å². The van der Waals surface area contributed by atoms with E-state index in [0.29, 0.717) is 26.8 Å². The van der Waals surface area contributed by atoms with E-state index in [1.165, 1.54) is 29.8 Å². The molecule has 0 saturated carbocycles. The molecule has 2 aliphatic heterocycles. The lowest BCUT2D eigenvalue weighted by molar-refractivity contribution is -0.150. The summed E-state index contributed by atoms with van der Waals surface area (Å²) in [7, 11) is 0. The van der Waals surface area contributed by atoms with Crippen molar-refractivity contribution in [3.8, 4) is 0 Å². The minimum absolute atomic E-state index is 0.118. The highest BCUT2D eigenvalue weighted by Gasteiger charge is 2.54. The zero-order valence-corrected chi connectivity index (χ0v) is 23.2. The molecule has 0 bridgehead atoms. The molecule has 12 nitrogen and oxygen atoms in total. The molecule has 0 spiro atoms.